The van der Waals surface area contributed by atoms with E-state index in [4.69, 9.17) is 10.3 Å². The average molecular weight is 281 g/mol. The third-order valence-electron chi connectivity index (χ3n) is 3.04. The molecule has 0 heterocycles. The monoisotopic (exact) mass is 281 g/mol. The van der Waals surface area contributed by atoms with Crippen LogP contribution in [0.4, 0.5) is 0 Å². The molecule has 0 aromatic carbocycles. The highest BCUT2D eigenvalue weighted by atomic mass is 16.5. The van der Waals surface area contributed by atoms with Crippen molar-refractivity contribution in [3.8, 4) is 0 Å². The highest BCUT2D eigenvalue weighted by Gasteiger charge is 2.08. The number of nitrogens with zero attached hydrogens (tertiary/aromatic N) is 3. The number of ether oxygens (including phenoxy) is 1. The van der Waals surface area contributed by atoms with Gasteiger partial charge >= 0.3 is 5.97 Å². The Morgan fingerprint density at radius 1 is 1.15 bits per heavy atom. The topological polar surface area (TPSA) is 75.1 Å². The van der Waals surface area contributed by atoms with Gasteiger partial charge in [0, 0.05) is 10.5 Å². The Hall–Kier alpha value is -1.48. The van der Waals surface area contributed by atoms with Crippen LogP contribution in [0.15, 0.2) is 16.8 Å². The number of unbranched alkanes of at least 4 members (excludes halogenated alkanes) is 7. The average Bonchev–Trinajstić information content (AvgIpc) is 2.45. The normalized spacial score (nSPS) is 11.0. The van der Waals surface area contributed by atoms with Gasteiger partial charge in [-0.05, 0) is 25.3 Å². The molecule has 0 rings (SSSR count). The van der Waals surface area contributed by atoms with Gasteiger partial charge in [-0.25, -0.2) is 4.79 Å². The molecule has 0 spiro atoms. The lowest BCUT2D eigenvalue weighted by Gasteiger charge is -2.04. The molecule has 5 nitrogen and oxygen atoms in total. The summed E-state index contributed by atoms with van der Waals surface area (Å²) in [5, 5.41) is 3.44. The Morgan fingerprint density at radius 2 is 1.80 bits per heavy atom. The highest BCUT2D eigenvalue weighted by Crippen LogP contribution is 2.10. The van der Waals surface area contributed by atoms with Crippen LogP contribution in [0.3, 0.4) is 0 Å². The molecule has 0 atom stereocenters. The Balaban J connectivity index is 3.94. The molecular formula is C15H27N3O2. The molecule has 0 saturated heterocycles. The van der Waals surface area contributed by atoms with Crippen LogP contribution >= 0.6 is 0 Å². The standard InChI is InChI=1S/C15H27N3O2/c1-3-5-6-7-8-9-10-11-12-14(13-17-18-16)15(19)20-4-2/h12H,3-11,13H2,1-2H3/b14-12+. The molecule has 0 aromatic heterocycles. The quantitative estimate of drug-likeness (QED) is 0.127. The van der Waals surface area contributed by atoms with E-state index >= 15 is 0 Å². The molecule has 20 heavy (non-hydrogen) atoms. The summed E-state index contributed by atoms with van der Waals surface area (Å²) in [5.41, 5.74) is 8.79. The summed E-state index contributed by atoms with van der Waals surface area (Å²) in [7, 11) is 0. The molecule has 0 aromatic rings. The van der Waals surface area contributed by atoms with Gasteiger partial charge in [-0.3, -0.25) is 0 Å². The predicted molar refractivity (Wildman–Crippen MR) is 81.3 cm³/mol. The number of rotatable bonds is 12. The van der Waals surface area contributed by atoms with E-state index in [1.54, 1.807) is 6.92 Å². The Labute approximate surface area is 122 Å². The van der Waals surface area contributed by atoms with Gasteiger partial charge in [0.2, 0.25) is 0 Å². The van der Waals surface area contributed by atoms with Crippen molar-refractivity contribution < 1.29 is 9.53 Å². The number of azide groups is 1. The Bertz CT molecular complexity index is 334. The van der Waals surface area contributed by atoms with Crippen LogP contribution in [0.25, 0.3) is 10.4 Å². The summed E-state index contributed by atoms with van der Waals surface area (Å²) in [4.78, 5) is 14.3. The van der Waals surface area contributed by atoms with Gasteiger partial charge in [-0.2, -0.15) is 0 Å². The predicted octanol–water partition coefficient (Wildman–Crippen LogP) is 4.93. The van der Waals surface area contributed by atoms with Gasteiger partial charge in [-0.1, -0.05) is 56.6 Å². The zero-order valence-electron chi connectivity index (χ0n) is 12.8. The van der Waals surface area contributed by atoms with Gasteiger partial charge in [0.25, 0.3) is 0 Å². The fourth-order valence-electron chi connectivity index (χ4n) is 1.92. The van der Waals surface area contributed by atoms with Crippen LogP contribution in [-0.4, -0.2) is 19.1 Å². The number of hydrogen-bond donors (Lipinski definition) is 0. The first-order valence-corrected chi connectivity index (χ1v) is 7.63. The third kappa shape index (κ3) is 10.4. The minimum absolute atomic E-state index is 0.0752. The fraction of sp³-hybridized carbons (Fsp3) is 0.800. The third-order valence-corrected chi connectivity index (χ3v) is 3.04. The Morgan fingerprint density at radius 3 is 2.40 bits per heavy atom. The first-order valence-electron chi connectivity index (χ1n) is 7.63. The molecule has 0 fully saturated rings. The van der Waals surface area contributed by atoms with Gasteiger partial charge in [0.15, 0.2) is 0 Å². The minimum atomic E-state index is -0.372. The maximum Gasteiger partial charge on any atom is 0.333 e. The second-order valence-corrected chi connectivity index (χ2v) is 4.75. The van der Waals surface area contributed by atoms with Crippen LogP contribution in [0.1, 0.15) is 65.2 Å². The van der Waals surface area contributed by atoms with Crippen LogP contribution in [0.5, 0.6) is 0 Å². The lowest BCUT2D eigenvalue weighted by Crippen LogP contribution is -2.09. The first kappa shape index (κ1) is 18.5. The van der Waals surface area contributed by atoms with Gasteiger partial charge in [0.1, 0.15) is 0 Å². The van der Waals surface area contributed by atoms with E-state index in [-0.39, 0.29) is 12.5 Å². The minimum Gasteiger partial charge on any atom is -0.463 e. The molecule has 0 aliphatic carbocycles. The number of allylic oxidation sites excluding steroid dienone is 1. The zero-order chi connectivity index (χ0) is 15.1. The molecule has 114 valence electrons. The lowest BCUT2D eigenvalue weighted by atomic mass is 10.1. The zero-order valence-corrected chi connectivity index (χ0v) is 12.8. The van der Waals surface area contributed by atoms with E-state index in [1.165, 1.54) is 38.5 Å². The molecule has 0 bridgehead atoms. The number of carbonyl (C=O) groups is 1. The fourth-order valence-corrected chi connectivity index (χ4v) is 1.92. The number of esters is 1. The van der Waals surface area contributed by atoms with Crippen molar-refractivity contribution in [1.82, 2.24) is 0 Å². The van der Waals surface area contributed by atoms with Crippen molar-refractivity contribution in [2.24, 2.45) is 5.11 Å². The molecule has 0 N–H and O–H groups in total. The molecule has 0 radical (unpaired) electrons. The van der Waals surface area contributed by atoms with E-state index in [0.29, 0.717) is 12.2 Å². The van der Waals surface area contributed by atoms with Crippen molar-refractivity contribution in [3.63, 3.8) is 0 Å². The largest absolute Gasteiger partial charge is 0.463 e. The smallest absolute Gasteiger partial charge is 0.333 e. The van der Waals surface area contributed by atoms with E-state index in [1.807, 2.05) is 6.08 Å². The summed E-state index contributed by atoms with van der Waals surface area (Å²) in [5.74, 6) is -0.372. The molecule has 5 heteroatoms. The van der Waals surface area contributed by atoms with Crippen LogP contribution in [0.2, 0.25) is 0 Å². The molecular weight excluding hydrogens is 254 g/mol. The van der Waals surface area contributed by atoms with Gasteiger partial charge < -0.3 is 4.74 Å². The summed E-state index contributed by atoms with van der Waals surface area (Å²) >= 11 is 0. The van der Waals surface area contributed by atoms with Crippen LogP contribution in [-0.2, 0) is 9.53 Å². The van der Waals surface area contributed by atoms with Gasteiger partial charge in [0.05, 0.1) is 13.2 Å². The van der Waals surface area contributed by atoms with Crippen molar-refractivity contribution in [2.45, 2.75) is 65.2 Å². The van der Waals surface area contributed by atoms with Crippen LogP contribution < -0.4 is 0 Å². The summed E-state index contributed by atoms with van der Waals surface area (Å²) < 4.78 is 4.93. The van der Waals surface area contributed by atoms with E-state index < -0.39 is 0 Å². The second kappa shape index (κ2) is 13.9. The van der Waals surface area contributed by atoms with Crippen LogP contribution in [0, 0.1) is 0 Å². The Kier molecular flexibility index (Phi) is 12.9. The molecule has 0 aliphatic rings. The highest BCUT2D eigenvalue weighted by molar-refractivity contribution is 5.88. The van der Waals surface area contributed by atoms with Crippen molar-refractivity contribution in [3.05, 3.63) is 22.1 Å². The number of carbonyl (C=O) groups excluding carboxylic acids is 1. The SMILES string of the molecule is CCCCCCCCC/C=C(\CN=[N+]=[N-])C(=O)OCC. The van der Waals surface area contributed by atoms with E-state index in [9.17, 15) is 4.79 Å². The van der Waals surface area contributed by atoms with Crippen molar-refractivity contribution >= 4 is 5.97 Å². The first-order chi connectivity index (χ1) is 9.76. The van der Waals surface area contributed by atoms with Crippen molar-refractivity contribution in [1.29, 1.82) is 0 Å². The molecule has 0 unspecified atom stereocenters. The van der Waals surface area contributed by atoms with Gasteiger partial charge in [-0.15, -0.1) is 0 Å². The van der Waals surface area contributed by atoms with E-state index in [2.05, 4.69) is 16.9 Å². The molecule has 0 saturated carbocycles. The molecule has 0 amide bonds. The maximum atomic E-state index is 11.6. The number of hydrogen-bond acceptors (Lipinski definition) is 3. The summed E-state index contributed by atoms with van der Waals surface area (Å²) in [6.07, 6.45) is 11.4. The lowest BCUT2D eigenvalue weighted by molar-refractivity contribution is -0.138. The molecule has 0 aliphatic heterocycles. The summed E-state index contributed by atoms with van der Waals surface area (Å²) in [6, 6.07) is 0. The second-order valence-electron chi connectivity index (χ2n) is 4.75. The maximum absolute atomic E-state index is 11.6. The summed E-state index contributed by atoms with van der Waals surface area (Å²) in [6.45, 7) is 4.39. The van der Waals surface area contributed by atoms with E-state index in [0.717, 1.165) is 12.8 Å². The van der Waals surface area contributed by atoms with Crippen molar-refractivity contribution in [2.75, 3.05) is 13.2 Å².